The average molecular weight is 324 g/mol. The summed E-state index contributed by atoms with van der Waals surface area (Å²) in [6.45, 7) is 3.46. The lowest BCUT2D eigenvalue weighted by Gasteiger charge is -2.08. The topological polar surface area (TPSA) is 72.8 Å². The van der Waals surface area contributed by atoms with E-state index in [1.165, 1.54) is 20.3 Å². The fraction of sp³-hybridized carbons (Fsp3) is 0.200. The Balaban J connectivity index is 2.51. The van der Waals surface area contributed by atoms with E-state index in [1.807, 2.05) is 0 Å². The molecule has 0 unspecified atom stereocenters. The molecule has 0 amide bonds. The van der Waals surface area contributed by atoms with E-state index >= 15 is 0 Å². The molecule has 0 saturated heterocycles. The molecule has 2 aromatic rings. The van der Waals surface area contributed by atoms with Crippen LogP contribution in [0.5, 0.6) is 11.5 Å². The first kappa shape index (κ1) is 16.0. The van der Waals surface area contributed by atoms with Gasteiger partial charge in [0.2, 0.25) is 0 Å². The van der Waals surface area contributed by atoms with Gasteiger partial charge in [0.15, 0.2) is 23.1 Å². The lowest BCUT2D eigenvalue weighted by Crippen LogP contribution is -2.05. The van der Waals surface area contributed by atoms with Crippen LogP contribution in [0.15, 0.2) is 24.3 Å². The van der Waals surface area contributed by atoms with E-state index in [1.54, 1.807) is 6.07 Å². The van der Waals surface area contributed by atoms with Crippen molar-refractivity contribution < 1.29 is 28.6 Å². The number of ketones is 1. The molecule has 2 rings (SSSR count). The molecule has 1 heterocycles. The van der Waals surface area contributed by atoms with Crippen LogP contribution in [0.3, 0.4) is 0 Å². The van der Waals surface area contributed by atoms with E-state index in [0.29, 0.717) is 4.70 Å². The predicted molar refractivity (Wildman–Crippen MR) is 80.6 cm³/mol. The molecule has 0 aliphatic heterocycles. The number of carbonyl (C=O) groups excluding carboxylic acids is 1. The van der Waals surface area contributed by atoms with Crippen LogP contribution in [-0.4, -0.2) is 31.1 Å². The van der Waals surface area contributed by atoms with Crippen molar-refractivity contribution in [1.82, 2.24) is 0 Å². The zero-order valence-corrected chi connectivity index (χ0v) is 12.8. The maximum atomic E-state index is 14.4. The summed E-state index contributed by atoms with van der Waals surface area (Å²) in [5, 5.41) is 8.91. The van der Waals surface area contributed by atoms with Crippen molar-refractivity contribution in [2.75, 3.05) is 14.2 Å². The van der Waals surface area contributed by atoms with Crippen molar-refractivity contribution in [3.63, 3.8) is 0 Å². The van der Waals surface area contributed by atoms with Gasteiger partial charge in [-0.2, -0.15) is 0 Å². The maximum absolute atomic E-state index is 14.4. The number of carbonyl (C=O) groups is 2. The van der Waals surface area contributed by atoms with Crippen molar-refractivity contribution in [1.29, 1.82) is 0 Å². The van der Waals surface area contributed by atoms with Gasteiger partial charge < -0.3 is 14.6 Å². The Hall–Kier alpha value is -2.41. The first-order valence-electron chi connectivity index (χ1n) is 6.17. The number of halogens is 1. The number of benzene rings is 1. The molecule has 0 fully saturated rings. The van der Waals surface area contributed by atoms with Gasteiger partial charge in [-0.15, -0.1) is 11.3 Å². The van der Waals surface area contributed by atoms with Crippen molar-refractivity contribution in [2.45, 2.75) is 6.42 Å². The highest BCUT2D eigenvalue weighted by atomic mass is 32.1. The van der Waals surface area contributed by atoms with Gasteiger partial charge in [-0.1, -0.05) is 6.58 Å². The van der Waals surface area contributed by atoms with Crippen LogP contribution < -0.4 is 9.47 Å². The highest BCUT2D eigenvalue weighted by Crippen LogP contribution is 2.40. The summed E-state index contributed by atoms with van der Waals surface area (Å²) in [7, 11) is 2.71. The molecule has 1 aromatic carbocycles. The number of thiophene rings is 1. The molecule has 22 heavy (non-hydrogen) atoms. The Labute approximate surface area is 129 Å². The minimum absolute atomic E-state index is 0.0452. The minimum Gasteiger partial charge on any atom is -0.493 e. The van der Waals surface area contributed by atoms with E-state index in [0.717, 1.165) is 11.3 Å². The Kier molecular flexibility index (Phi) is 4.46. The first-order chi connectivity index (χ1) is 10.4. The third-order valence-corrected chi connectivity index (χ3v) is 4.10. The van der Waals surface area contributed by atoms with E-state index in [4.69, 9.17) is 14.6 Å². The molecule has 0 saturated carbocycles. The molecule has 0 radical (unpaired) electrons. The minimum atomic E-state index is -1.14. The third-order valence-electron chi connectivity index (χ3n) is 3.02. The number of fused-ring (bicyclic) bond motifs is 1. The Bertz CT molecular complexity index is 778. The maximum Gasteiger partial charge on any atom is 0.307 e. The molecule has 0 aliphatic rings. The molecule has 1 N–H and O–H groups in total. The summed E-state index contributed by atoms with van der Waals surface area (Å²) in [5.74, 6) is -2.11. The molecule has 116 valence electrons. The fourth-order valence-corrected chi connectivity index (χ4v) is 3.06. The summed E-state index contributed by atoms with van der Waals surface area (Å²) in [6.07, 6.45) is -0.456. The van der Waals surface area contributed by atoms with Crippen LogP contribution in [0.4, 0.5) is 4.39 Å². The van der Waals surface area contributed by atoms with Crippen molar-refractivity contribution in [3.05, 3.63) is 35.0 Å². The standard InChI is InChI=1S/C15H13FO5S/c1-7(4-12(17)18)14(19)11-5-8-10(22-11)6-9(20-2)15(21-3)13(8)16/h5-6H,1,4H2,2-3H3,(H,17,18). The molecule has 0 aliphatic carbocycles. The van der Waals surface area contributed by atoms with Crippen LogP contribution in [0.25, 0.3) is 10.1 Å². The number of ether oxygens (including phenoxy) is 2. The van der Waals surface area contributed by atoms with Gasteiger partial charge in [-0.25, -0.2) is 4.39 Å². The quantitative estimate of drug-likeness (QED) is 0.652. The molecule has 5 nitrogen and oxygen atoms in total. The number of carboxylic acids is 1. The molecule has 1 aromatic heterocycles. The van der Waals surface area contributed by atoms with Gasteiger partial charge in [0.05, 0.1) is 25.5 Å². The normalized spacial score (nSPS) is 10.5. The van der Waals surface area contributed by atoms with E-state index in [9.17, 15) is 14.0 Å². The van der Waals surface area contributed by atoms with E-state index < -0.39 is 24.0 Å². The van der Waals surface area contributed by atoms with Crippen molar-refractivity contribution in [2.24, 2.45) is 0 Å². The lowest BCUT2D eigenvalue weighted by molar-refractivity contribution is -0.136. The summed E-state index contributed by atoms with van der Waals surface area (Å²) in [6, 6.07) is 2.94. The van der Waals surface area contributed by atoms with Gasteiger partial charge in [0, 0.05) is 21.7 Å². The van der Waals surface area contributed by atoms with Crippen LogP contribution in [0.1, 0.15) is 16.1 Å². The van der Waals surface area contributed by atoms with Crippen molar-refractivity contribution in [3.8, 4) is 11.5 Å². The summed E-state index contributed by atoms with van der Waals surface area (Å²) in [4.78, 5) is 23.0. The molecular weight excluding hydrogens is 311 g/mol. The number of methoxy groups -OCH3 is 2. The predicted octanol–water partition coefficient (Wildman–Crippen LogP) is 3.27. The second-order valence-corrected chi connectivity index (χ2v) is 5.54. The molecule has 0 spiro atoms. The van der Waals surface area contributed by atoms with Gasteiger partial charge >= 0.3 is 5.97 Å². The van der Waals surface area contributed by atoms with Gasteiger partial charge in [-0.05, 0) is 6.07 Å². The number of Topliss-reactive ketones (excluding diaryl/α,β-unsaturated/α-hetero) is 1. The molecule has 0 bridgehead atoms. The summed E-state index contributed by atoms with van der Waals surface area (Å²) >= 11 is 1.04. The van der Waals surface area contributed by atoms with Crippen LogP contribution in [-0.2, 0) is 4.79 Å². The molecular formula is C15H13FO5S. The number of rotatable bonds is 6. The second kappa shape index (κ2) is 6.15. The second-order valence-electron chi connectivity index (χ2n) is 4.45. The molecule has 7 heteroatoms. The number of hydrogen-bond donors (Lipinski definition) is 1. The van der Waals surface area contributed by atoms with Gasteiger partial charge in [-0.3, -0.25) is 9.59 Å². The largest absolute Gasteiger partial charge is 0.493 e. The zero-order valence-electron chi connectivity index (χ0n) is 11.9. The Morgan fingerprint density at radius 3 is 2.55 bits per heavy atom. The average Bonchev–Trinajstić information content (AvgIpc) is 2.89. The van der Waals surface area contributed by atoms with Crippen LogP contribution >= 0.6 is 11.3 Å². The number of aliphatic carboxylic acids is 1. The highest BCUT2D eigenvalue weighted by Gasteiger charge is 2.21. The SMILES string of the molecule is C=C(CC(=O)O)C(=O)c1cc2c(F)c(OC)c(OC)cc2s1. The number of hydrogen-bond acceptors (Lipinski definition) is 5. The summed E-state index contributed by atoms with van der Waals surface area (Å²) in [5.41, 5.74) is -0.0570. The van der Waals surface area contributed by atoms with E-state index in [2.05, 4.69) is 6.58 Å². The zero-order chi connectivity index (χ0) is 16.4. The van der Waals surface area contributed by atoms with Crippen LogP contribution in [0, 0.1) is 5.82 Å². The van der Waals surface area contributed by atoms with Crippen molar-refractivity contribution >= 4 is 33.2 Å². The number of carboxylic acid groups (broad SMARTS) is 1. The van der Waals surface area contributed by atoms with Crippen LogP contribution in [0.2, 0.25) is 0 Å². The Morgan fingerprint density at radius 2 is 2.00 bits per heavy atom. The fourth-order valence-electron chi connectivity index (χ4n) is 1.99. The first-order valence-corrected chi connectivity index (χ1v) is 6.99. The summed E-state index contributed by atoms with van der Waals surface area (Å²) < 4.78 is 24.9. The highest BCUT2D eigenvalue weighted by molar-refractivity contribution is 7.21. The third kappa shape index (κ3) is 2.80. The van der Waals surface area contributed by atoms with Gasteiger partial charge in [0.1, 0.15) is 0 Å². The smallest absolute Gasteiger partial charge is 0.307 e. The lowest BCUT2D eigenvalue weighted by atomic mass is 10.1. The monoisotopic (exact) mass is 324 g/mol. The van der Waals surface area contributed by atoms with Gasteiger partial charge in [0.25, 0.3) is 0 Å². The Morgan fingerprint density at radius 1 is 1.32 bits per heavy atom. The van der Waals surface area contributed by atoms with E-state index in [-0.39, 0.29) is 27.3 Å². The molecule has 0 atom stereocenters.